The van der Waals surface area contributed by atoms with Gasteiger partial charge in [-0.05, 0) is 48.4 Å². The molecule has 0 aliphatic carbocycles. The van der Waals surface area contributed by atoms with Crippen LogP contribution in [0, 0.1) is 0 Å². The number of halogens is 3. The fraction of sp³-hybridized carbons (Fsp3) is 0.143. The minimum Gasteiger partial charge on any atom is -0.478 e. The first kappa shape index (κ1) is 25.7. The summed E-state index contributed by atoms with van der Waals surface area (Å²) < 4.78 is 45.4. The normalized spacial score (nSPS) is 12.4. The van der Waals surface area contributed by atoms with Gasteiger partial charge in [0.1, 0.15) is 12.0 Å². The van der Waals surface area contributed by atoms with Crippen LogP contribution in [0.1, 0.15) is 55.9 Å². The van der Waals surface area contributed by atoms with Gasteiger partial charge in [0, 0.05) is 29.8 Å². The highest BCUT2D eigenvalue weighted by Crippen LogP contribution is 2.30. The number of amides is 1. The van der Waals surface area contributed by atoms with E-state index in [9.17, 15) is 22.8 Å². The van der Waals surface area contributed by atoms with Gasteiger partial charge in [-0.2, -0.15) is 18.3 Å². The Morgan fingerprint density at radius 2 is 1.79 bits per heavy atom. The molecule has 2 N–H and O–H groups in total. The van der Waals surface area contributed by atoms with Crippen molar-refractivity contribution in [1.82, 2.24) is 20.1 Å². The monoisotopic (exact) mass is 534 g/mol. The lowest BCUT2D eigenvalue weighted by atomic mass is 10.0. The van der Waals surface area contributed by atoms with E-state index in [1.165, 1.54) is 35.0 Å². The zero-order valence-electron chi connectivity index (χ0n) is 20.4. The molecule has 1 atom stereocenters. The van der Waals surface area contributed by atoms with E-state index in [4.69, 9.17) is 9.63 Å². The number of carbonyl (C=O) groups excluding carboxylic acids is 1. The predicted molar refractivity (Wildman–Crippen MR) is 134 cm³/mol. The number of carboxylic acid groups (broad SMARTS) is 1. The summed E-state index contributed by atoms with van der Waals surface area (Å²) in [5.41, 5.74) is 3.20. The fourth-order valence-corrected chi connectivity index (χ4v) is 4.29. The third-order valence-electron chi connectivity index (χ3n) is 6.35. The van der Waals surface area contributed by atoms with Crippen LogP contribution in [0.5, 0.6) is 0 Å². The fourth-order valence-electron chi connectivity index (χ4n) is 4.29. The second kappa shape index (κ2) is 10.1. The van der Waals surface area contributed by atoms with Crippen molar-refractivity contribution >= 4 is 17.4 Å². The van der Waals surface area contributed by atoms with Crippen molar-refractivity contribution in [2.75, 3.05) is 0 Å². The summed E-state index contributed by atoms with van der Waals surface area (Å²) in [5.74, 6) is -1.47. The van der Waals surface area contributed by atoms with Gasteiger partial charge in [-0.15, -0.1) is 0 Å². The number of alkyl halides is 3. The van der Waals surface area contributed by atoms with Crippen LogP contribution >= 0.6 is 0 Å². The van der Waals surface area contributed by atoms with Gasteiger partial charge in [0.2, 0.25) is 0 Å². The number of pyridine rings is 1. The lowest BCUT2D eigenvalue weighted by molar-refractivity contribution is -0.137. The molecule has 0 bridgehead atoms. The maximum absolute atomic E-state index is 13.6. The quantitative estimate of drug-likeness (QED) is 0.274. The van der Waals surface area contributed by atoms with Gasteiger partial charge in [-0.1, -0.05) is 29.4 Å². The Bertz CT molecular complexity index is 1640. The summed E-state index contributed by atoms with van der Waals surface area (Å²) in [6.45, 7) is 1.77. The van der Waals surface area contributed by atoms with Crippen molar-refractivity contribution in [2.45, 2.75) is 25.6 Å². The van der Waals surface area contributed by atoms with Crippen molar-refractivity contribution in [3.8, 4) is 11.3 Å². The van der Waals surface area contributed by atoms with Crippen LogP contribution in [0.2, 0.25) is 0 Å². The van der Waals surface area contributed by atoms with E-state index in [-0.39, 0.29) is 17.5 Å². The number of rotatable bonds is 7. The molecule has 0 saturated heterocycles. The number of carbonyl (C=O) groups is 2. The number of aromatic carboxylic acids is 1. The van der Waals surface area contributed by atoms with E-state index in [1.807, 2.05) is 0 Å². The van der Waals surface area contributed by atoms with Gasteiger partial charge >= 0.3 is 12.1 Å². The minimum absolute atomic E-state index is 0.131. The van der Waals surface area contributed by atoms with Crippen LogP contribution in [-0.2, 0) is 12.6 Å². The topological polar surface area (TPSA) is 110 Å². The Hall–Kier alpha value is -4.93. The van der Waals surface area contributed by atoms with Crippen molar-refractivity contribution < 1.29 is 32.4 Å². The summed E-state index contributed by atoms with van der Waals surface area (Å²) in [5, 5.41) is 20.4. The highest BCUT2D eigenvalue weighted by Gasteiger charge is 2.30. The van der Waals surface area contributed by atoms with Crippen molar-refractivity contribution in [3.63, 3.8) is 0 Å². The van der Waals surface area contributed by atoms with E-state index in [0.29, 0.717) is 33.5 Å². The number of fused-ring (bicyclic) bond motifs is 1. The van der Waals surface area contributed by atoms with E-state index in [1.54, 1.807) is 43.6 Å². The first-order valence-electron chi connectivity index (χ1n) is 11.8. The Morgan fingerprint density at radius 1 is 1.08 bits per heavy atom. The largest absolute Gasteiger partial charge is 0.478 e. The van der Waals surface area contributed by atoms with E-state index in [0.717, 1.165) is 12.1 Å². The number of benzene rings is 2. The molecule has 0 fully saturated rings. The van der Waals surface area contributed by atoms with Gasteiger partial charge in [0.05, 0.1) is 34.4 Å². The molecule has 0 spiro atoms. The second-order valence-electron chi connectivity index (χ2n) is 8.98. The van der Waals surface area contributed by atoms with E-state index < -0.39 is 29.7 Å². The molecule has 2 aromatic carbocycles. The molecule has 0 radical (unpaired) electrons. The Kier molecular flexibility index (Phi) is 6.65. The maximum atomic E-state index is 13.6. The Morgan fingerprint density at radius 3 is 2.41 bits per heavy atom. The summed E-state index contributed by atoms with van der Waals surface area (Å²) in [6.07, 6.45) is 0.480. The molecule has 11 heteroatoms. The molecule has 0 saturated carbocycles. The molecule has 0 unspecified atom stereocenters. The average molecular weight is 534 g/mol. The van der Waals surface area contributed by atoms with Gasteiger partial charge in [-0.3, -0.25) is 4.79 Å². The van der Waals surface area contributed by atoms with Crippen LogP contribution in [0.25, 0.3) is 16.8 Å². The summed E-state index contributed by atoms with van der Waals surface area (Å²) in [7, 11) is 0. The lowest BCUT2D eigenvalue weighted by Crippen LogP contribution is -2.27. The number of nitrogens with zero attached hydrogens (tertiary/aromatic N) is 3. The van der Waals surface area contributed by atoms with Crippen molar-refractivity contribution in [1.29, 1.82) is 0 Å². The second-order valence-corrected chi connectivity index (χ2v) is 8.98. The zero-order chi connectivity index (χ0) is 27.7. The molecule has 5 rings (SSSR count). The number of hydrogen-bond acceptors (Lipinski definition) is 5. The maximum Gasteiger partial charge on any atom is 0.416 e. The zero-order valence-corrected chi connectivity index (χ0v) is 20.4. The first-order chi connectivity index (χ1) is 18.6. The van der Waals surface area contributed by atoms with Crippen LogP contribution < -0.4 is 5.32 Å². The average Bonchev–Trinajstić information content (AvgIpc) is 3.59. The van der Waals surface area contributed by atoms with Crippen molar-refractivity contribution in [2.24, 2.45) is 0 Å². The molecular formula is C28H21F3N4O4. The third-order valence-corrected chi connectivity index (χ3v) is 6.35. The first-order valence-corrected chi connectivity index (χ1v) is 11.8. The summed E-state index contributed by atoms with van der Waals surface area (Å²) in [4.78, 5) is 24.7. The molecule has 3 aromatic heterocycles. The third kappa shape index (κ3) is 5.37. The smallest absolute Gasteiger partial charge is 0.416 e. The number of nitrogens with one attached hydrogen (secondary N) is 1. The lowest BCUT2D eigenvalue weighted by Gasteiger charge is -2.16. The van der Waals surface area contributed by atoms with Gasteiger partial charge in [0.15, 0.2) is 0 Å². The molecule has 198 valence electrons. The minimum atomic E-state index is -4.43. The van der Waals surface area contributed by atoms with E-state index >= 15 is 0 Å². The Labute approximate surface area is 219 Å². The standard InChI is InChI=1S/C28H21F3N4O4/c1-16(18-4-6-19(7-5-18)27(37)38)33-26(36)23-13-21(24-10-11-39-34-24)15-35-25(23)20(14-32-35)12-17-2-8-22(9-3-17)28(29,30)31/h2-11,13-16H,12H2,1H3,(H,33,36)(H,37,38)/t16-/m0/s1. The van der Waals surface area contributed by atoms with Crippen molar-refractivity contribution in [3.05, 3.63) is 113 Å². The molecule has 39 heavy (non-hydrogen) atoms. The molecule has 5 aromatic rings. The van der Waals surface area contributed by atoms with Gasteiger partial charge < -0.3 is 14.9 Å². The molecule has 0 aliphatic heterocycles. The summed E-state index contributed by atoms with van der Waals surface area (Å²) in [6, 6.07) is 13.9. The molecule has 8 nitrogen and oxygen atoms in total. The molecule has 0 aliphatic rings. The van der Waals surface area contributed by atoms with Gasteiger partial charge in [0.25, 0.3) is 5.91 Å². The molecule has 1 amide bonds. The Balaban J connectivity index is 1.50. The molecule has 3 heterocycles. The van der Waals surface area contributed by atoms with Crippen LogP contribution in [0.15, 0.2) is 83.8 Å². The summed E-state index contributed by atoms with van der Waals surface area (Å²) >= 11 is 0. The van der Waals surface area contributed by atoms with Crippen LogP contribution in [0.4, 0.5) is 13.2 Å². The van der Waals surface area contributed by atoms with Crippen LogP contribution in [-0.4, -0.2) is 31.8 Å². The highest BCUT2D eigenvalue weighted by molar-refractivity contribution is 6.02. The SMILES string of the molecule is C[C@H](NC(=O)c1cc(-c2ccon2)cn2ncc(Cc3ccc(C(F)(F)F)cc3)c12)c1ccc(C(=O)O)cc1. The van der Waals surface area contributed by atoms with Gasteiger partial charge in [-0.25, -0.2) is 9.31 Å². The number of carboxylic acids is 1. The van der Waals surface area contributed by atoms with E-state index in [2.05, 4.69) is 15.6 Å². The van der Waals surface area contributed by atoms with Crippen LogP contribution in [0.3, 0.4) is 0 Å². The predicted octanol–water partition coefficient (Wildman–Crippen LogP) is 5.79. The number of hydrogen-bond donors (Lipinski definition) is 2. The molecular weight excluding hydrogens is 513 g/mol. The number of aromatic nitrogens is 3. The highest BCUT2D eigenvalue weighted by atomic mass is 19.4.